The lowest BCUT2D eigenvalue weighted by molar-refractivity contribution is 0.117. The van der Waals surface area contributed by atoms with Gasteiger partial charge in [-0.05, 0) is 55.8 Å². The fourth-order valence-electron chi connectivity index (χ4n) is 3.39. The summed E-state index contributed by atoms with van der Waals surface area (Å²) in [6, 6.07) is 0. The van der Waals surface area contributed by atoms with Crippen LogP contribution in [-0.4, -0.2) is 36.2 Å². The molecule has 0 saturated carbocycles. The van der Waals surface area contributed by atoms with Gasteiger partial charge in [0.25, 0.3) is 0 Å². The van der Waals surface area contributed by atoms with Crippen LogP contribution in [-0.2, 0) is 27.2 Å². The summed E-state index contributed by atoms with van der Waals surface area (Å²) in [6.45, 7) is 13.3. The molecule has 0 aromatic heterocycles. The number of rotatable bonds is 22. The summed E-state index contributed by atoms with van der Waals surface area (Å²) in [6.07, 6.45) is 7.50. The van der Waals surface area contributed by atoms with Crippen molar-refractivity contribution in [2.24, 2.45) is 23.7 Å². The molecule has 33 heavy (non-hydrogen) atoms. The van der Waals surface area contributed by atoms with Gasteiger partial charge in [0.1, 0.15) is 0 Å². The molecule has 200 valence electrons. The molecule has 0 aliphatic rings. The van der Waals surface area contributed by atoms with Gasteiger partial charge in [-0.3, -0.25) is 18.1 Å². The molecule has 0 bridgehead atoms. The molecule has 6 atom stereocenters. The summed E-state index contributed by atoms with van der Waals surface area (Å²) < 4.78 is 44.5. The Kier molecular flexibility index (Phi) is 18.6. The number of unbranched alkanes of at least 4 members (excludes halogenated alkanes) is 2. The van der Waals surface area contributed by atoms with Gasteiger partial charge in [0.05, 0.1) is 26.4 Å². The van der Waals surface area contributed by atoms with E-state index in [9.17, 15) is 18.9 Å². The summed E-state index contributed by atoms with van der Waals surface area (Å²) in [5, 5.41) is 0. The second-order valence-electron chi connectivity index (χ2n) is 9.30. The molecule has 0 aromatic rings. The molecule has 10 heteroatoms. The van der Waals surface area contributed by atoms with Crippen LogP contribution in [0, 0.1) is 23.7 Å². The van der Waals surface area contributed by atoms with Gasteiger partial charge in [-0.1, -0.05) is 67.2 Å². The normalized spacial score (nSPS) is 19.4. The molecule has 0 aromatic carbocycles. The fraction of sp³-hybridized carbons (Fsp3) is 1.00. The van der Waals surface area contributed by atoms with E-state index in [4.69, 9.17) is 18.1 Å². The molecule has 8 nitrogen and oxygen atoms in total. The van der Waals surface area contributed by atoms with E-state index in [1.165, 1.54) is 0 Å². The van der Waals surface area contributed by atoms with E-state index in [0.717, 1.165) is 38.5 Å². The summed E-state index contributed by atoms with van der Waals surface area (Å²) in [4.78, 5) is 19.7. The van der Waals surface area contributed by atoms with Crippen molar-refractivity contribution in [1.29, 1.82) is 0 Å². The van der Waals surface area contributed by atoms with Gasteiger partial charge in [-0.15, -0.1) is 0 Å². The third-order valence-electron chi connectivity index (χ3n) is 6.26. The molecule has 0 rings (SSSR count). The summed E-state index contributed by atoms with van der Waals surface area (Å²) in [5.41, 5.74) is 0. The molecule has 0 fully saturated rings. The standard InChI is InChI=1S/C23H50O8P2/c1-7-20(5)16-22(9-3)18-30-32(24,25)28-14-12-11-13-15-29-33(26,27)31-19-23(10-4)17-21(6)8-2/h20-23H,7-19H2,1-6H3,(H,24,25)(H,26,27). The molecule has 2 N–H and O–H groups in total. The SMILES string of the molecule is CCC(C)CC(CC)COP(=O)(O)OCCCCCOP(=O)(O)OCC(CC)CC(C)CC. The van der Waals surface area contributed by atoms with Crippen LogP contribution in [0.5, 0.6) is 0 Å². The first kappa shape index (κ1) is 33.2. The van der Waals surface area contributed by atoms with Crippen LogP contribution in [0.3, 0.4) is 0 Å². The van der Waals surface area contributed by atoms with Crippen molar-refractivity contribution in [2.75, 3.05) is 26.4 Å². The molecular weight excluding hydrogens is 466 g/mol. The maximum Gasteiger partial charge on any atom is 0.472 e. The zero-order chi connectivity index (χ0) is 25.3. The predicted molar refractivity (Wildman–Crippen MR) is 133 cm³/mol. The Morgan fingerprint density at radius 1 is 0.606 bits per heavy atom. The molecule has 0 aliphatic carbocycles. The van der Waals surface area contributed by atoms with Crippen LogP contribution < -0.4 is 0 Å². The van der Waals surface area contributed by atoms with Crippen LogP contribution in [0.25, 0.3) is 0 Å². The van der Waals surface area contributed by atoms with Crippen molar-refractivity contribution in [1.82, 2.24) is 0 Å². The molecular formula is C23H50O8P2. The van der Waals surface area contributed by atoms with Crippen molar-refractivity contribution in [3.63, 3.8) is 0 Å². The van der Waals surface area contributed by atoms with E-state index < -0.39 is 15.6 Å². The Labute approximate surface area is 202 Å². The molecule has 0 heterocycles. The van der Waals surface area contributed by atoms with E-state index in [1.807, 2.05) is 13.8 Å². The second kappa shape index (κ2) is 18.5. The molecule has 0 spiro atoms. The quantitative estimate of drug-likeness (QED) is 0.113. The number of hydrogen-bond acceptors (Lipinski definition) is 6. The van der Waals surface area contributed by atoms with Gasteiger partial charge < -0.3 is 9.79 Å². The monoisotopic (exact) mass is 516 g/mol. The summed E-state index contributed by atoms with van der Waals surface area (Å²) >= 11 is 0. The second-order valence-corrected chi connectivity index (χ2v) is 12.2. The average molecular weight is 517 g/mol. The first-order valence-corrected chi connectivity index (χ1v) is 15.7. The van der Waals surface area contributed by atoms with Crippen molar-refractivity contribution in [2.45, 2.75) is 99.3 Å². The smallest absolute Gasteiger partial charge is 0.302 e. The van der Waals surface area contributed by atoms with Gasteiger partial charge in [0.2, 0.25) is 0 Å². The zero-order valence-electron chi connectivity index (χ0n) is 21.7. The third kappa shape index (κ3) is 18.2. The predicted octanol–water partition coefficient (Wildman–Crippen LogP) is 7.35. The number of hydrogen-bond donors (Lipinski definition) is 2. The lowest BCUT2D eigenvalue weighted by atomic mass is 9.93. The topological polar surface area (TPSA) is 112 Å². The van der Waals surface area contributed by atoms with Crippen molar-refractivity contribution >= 4 is 15.6 Å². The van der Waals surface area contributed by atoms with Crippen LogP contribution in [0.4, 0.5) is 0 Å². The van der Waals surface area contributed by atoms with Gasteiger partial charge in [-0.25, -0.2) is 9.13 Å². The molecule has 0 aliphatic heterocycles. The largest absolute Gasteiger partial charge is 0.472 e. The zero-order valence-corrected chi connectivity index (χ0v) is 23.5. The van der Waals surface area contributed by atoms with E-state index in [1.54, 1.807) is 0 Å². The lowest BCUT2D eigenvalue weighted by Gasteiger charge is -2.20. The molecule has 0 amide bonds. The Balaban J connectivity index is 4.01. The highest BCUT2D eigenvalue weighted by Gasteiger charge is 2.24. The molecule has 6 unspecified atom stereocenters. The maximum atomic E-state index is 12.0. The average Bonchev–Trinajstić information content (AvgIpc) is 2.78. The van der Waals surface area contributed by atoms with Crippen LogP contribution in [0.2, 0.25) is 0 Å². The fourth-order valence-corrected chi connectivity index (χ4v) is 5.06. The number of phosphoric ester groups is 2. The minimum Gasteiger partial charge on any atom is -0.302 e. The van der Waals surface area contributed by atoms with Crippen LogP contribution in [0.1, 0.15) is 99.3 Å². The van der Waals surface area contributed by atoms with Gasteiger partial charge in [0, 0.05) is 0 Å². The molecule has 0 saturated heterocycles. The Bertz CT molecular complexity index is 527. The van der Waals surface area contributed by atoms with E-state index >= 15 is 0 Å². The van der Waals surface area contributed by atoms with Crippen LogP contribution in [0.15, 0.2) is 0 Å². The van der Waals surface area contributed by atoms with E-state index in [0.29, 0.717) is 31.1 Å². The van der Waals surface area contributed by atoms with Crippen molar-refractivity contribution in [3.05, 3.63) is 0 Å². The Morgan fingerprint density at radius 3 is 1.27 bits per heavy atom. The van der Waals surface area contributed by atoms with Crippen molar-refractivity contribution < 1.29 is 37.0 Å². The van der Waals surface area contributed by atoms with Crippen LogP contribution >= 0.6 is 15.6 Å². The highest BCUT2D eigenvalue weighted by atomic mass is 31.2. The van der Waals surface area contributed by atoms with Gasteiger partial charge >= 0.3 is 15.6 Å². The Hall–Kier alpha value is 0.220. The van der Waals surface area contributed by atoms with E-state index in [2.05, 4.69) is 27.7 Å². The highest BCUT2D eigenvalue weighted by Crippen LogP contribution is 2.45. The minimum atomic E-state index is -4.06. The Morgan fingerprint density at radius 2 is 0.970 bits per heavy atom. The van der Waals surface area contributed by atoms with Crippen molar-refractivity contribution in [3.8, 4) is 0 Å². The van der Waals surface area contributed by atoms with Gasteiger partial charge in [0.15, 0.2) is 0 Å². The molecule has 0 radical (unpaired) electrons. The van der Waals surface area contributed by atoms with E-state index in [-0.39, 0.29) is 38.3 Å². The summed E-state index contributed by atoms with van der Waals surface area (Å²) in [7, 11) is -8.13. The highest BCUT2D eigenvalue weighted by molar-refractivity contribution is 7.47. The first-order chi connectivity index (χ1) is 15.5. The third-order valence-corrected chi connectivity index (χ3v) is 8.23. The maximum absolute atomic E-state index is 12.0. The minimum absolute atomic E-state index is 0.0804. The lowest BCUT2D eigenvalue weighted by Crippen LogP contribution is -2.12. The number of phosphoric acid groups is 2. The summed E-state index contributed by atoms with van der Waals surface area (Å²) in [5.74, 6) is 1.58. The first-order valence-electron chi connectivity index (χ1n) is 12.7. The van der Waals surface area contributed by atoms with Gasteiger partial charge in [-0.2, -0.15) is 0 Å².